The Morgan fingerprint density at radius 1 is 0.939 bits per heavy atom. The largest absolute Gasteiger partial charge is 0.301 e. The molecule has 166 valence electrons. The van der Waals surface area contributed by atoms with Crippen LogP contribution in [0.25, 0.3) is 11.6 Å². The number of nitrogens with one attached hydrogen (secondary N) is 1. The third kappa shape index (κ3) is 5.12. The van der Waals surface area contributed by atoms with Gasteiger partial charge in [-0.3, -0.25) is 25.7 Å². The van der Waals surface area contributed by atoms with Crippen LogP contribution in [0.4, 0.5) is 17.1 Å². The van der Waals surface area contributed by atoms with E-state index >= 15 is 0 Å². The Balaban J connectivity index is 1.68. The lowest BCUT2D eigenvalue weighted by Gasteiger charge is -2.17. The second-order valence-electron chi connectivity index (χ2n) is 7.75. The van der Waals surface area contributed by atoms with Gasteiger partial charge in [0.15, 0.2) is 0 Å². The summed E-state index contributed by atoms with van der Waals surface area (Å²) in [5.41, 5.74) is 6.42. The van der Waals surface area contributed by atoms with Crippen LogP contribution in [-0.4, -0.2) is 15.6 Å². The van der Waals surface area contributed by atoms with E-state index < -0.39 is 9.85 Å². The maximum atomic E-state index is 11.4. The molecule has 3 aromatic rings. The smallest absolute Gasteiger partial charge is 0.272 e. The standard InChI is InChI=1S/C25H22N4O4/c30-28(31)20-14-15-24(25(17-20)29(32)33)27-26-23-13-7-12-21(23)22(19-10-5-2-6-11-19)16-18-8-3-1-4-9-18/h1-6,8-11,14-17,21,27H,7,12-13H2/b22-16+,26-23+/t21-/m0/s1. The molecule has 8 nitrogen and oxygen atoms in total. The van der Waals surface area contributed by atoms with Crippen LogP contribution >= 0.6 is 0 Å². The van der Waals surface area contributed by atoms with Gasteiger partial charge in [-0.2, -0.15) is 5.10 Å². The van der Waals surface area contributed by atoms with E-state index in [2.05, 4.69) is 28.7 Å². The average molecular weight is 442 g/mol. The first-order chi connectivity index (χ1) is 16.0. The summed E-state index contributed by atoms with van der Waals surface area (Å²) < 4.78 is 0. The van der Waals surface area contributed by atoms with Gasteiger partial charge in [0.25, 0.3) is 5.69 Å². The van der Waals surface area contributed by atoms with Crippen molar-refractivity contribution < 1.29 is 9.85 Å². The quantitative estimate of drug-likeness (QED) is 0.262. The Hall–Kier alpha value is -4.33. The molecular formula is C25H22N4O4. The van der Waals surface area contributed by atoms with Crippen molar-refractivity contribution in [3.8, 4) is 0 Å². The number of rotatable bonds is 7. The highest BCUT2D eigenvalue weighted by molar-refractivity contribution is 6.02. The third-order valence-corrected chi connectivity index (χ3v) is 5.64. The van der Waals surface area contributed by atoms with E-state index in [1.165, 1.54) is 12.1 Å². The molecule has 0 bridgehead atoms. The summed E-state index contributed by atoms with van der Waals surface area (Å²) >= 11 is 0. The maximum absolute atomic E-state index is 11.4. The van der Waals surface area contributed by atoms with Crippen LogP contribution in [0.5, 0.6) is 0 Å². The molecule has 0 unspecified atom stereocenters. The van der Waals surface area contributed by atoms with Gasteiger partial charge in [-0.1, -0.05) is 66.7 Å². The fourth-order valence-electron chi connectivity index (χ4n) is 4.05. The first-order valence-corrected chi connectivity index (χ1v) is 10.6. The fourth-order valence-corrected chi connectivity index (χ4v) is 4.05. The number of benzene rings is 3. The van der Waals surface area contributed by atoms with Crippen molar-refractivity contribution in [2.45, 2.75) is 19.3 Å². The zero-order valence-corrected chi connectivity index (χ0v) is 17.8. The van der Waals surface area contributed by atoms with Gasteiger partial charge >= 0.3 is 5.69 Å². The first kappa shape index (κ1) is 21.9. The predicted octanol–water partition coefficient (Wildman–Crippen LogP) is 6.31. The Morgan fingerprint density at radius 2 is 1.64 bits per heavy atom. The minimum Gasteiger partial charge on any atom is -0.272 e. The molecule has 0 radical (unpaired) electrons. The lowest BCUT2D eigenvalue weighted by molar-refractivity contribution is -0.393. The number of hydrogen-bond acceptors (Lipinski definition) is 6. The second kappa shape index (κ2) is 9.86. The van der Waals surface area contributed by atoms with Crippen LogP contribution in [0.2, 0.25) is 0 Å². The minimum atomic E-state index is -0.657. The Labute approximate surface area is 190 Å². The second-order valence-corrected chi connectivity index (χ2v) is 7.75. The Kier molecular flexibility index (Phi) is 6.54. The number of hydrazone groups is 1. The van der Waals surface area contributed by atoms with Crippen molar-refractivity contribution in [3.05, 3.63) is 110 Å². The third-order valence-electron chi connectivity index (χ3n) is 5.64. The molecule has 0 saturated heterocycles. The van der Waals surface area contributed by atoms with E-state index in [-0.39, 0.29) is 23.0 Å². The number of anilines is 1. The van der Waals surface area contributed by atoms with Crippen LogP contribution in [0, 0.1) is 26.1 Å². The predicted molar refractivity (Wildman–Crippen MR) is 129 cm³/mol. The van der Waals surface area contributed by atoms with Gasteiger partial charge in [0.05, 0.1) is 15.9 Å². The van der Waals surface area contributed by atoms with Gasteiger partial charge in [-0.05, 0) is 42.0 Å². The van der Waals surface area contributed by atoms with Gasteiger partial charge in [0.2, 0.25) is 0 Å². The molecule has 1 N–H and O–H groups in total. The van der Waals surface area contributed by atoms with Crippen LogP contribution in [0.1, 0.15) is 30.4 Å². The molecule has 1 aliphatic carbocycles. The molecule has 1 saturated carbocycles. The van der Waals surface area contributed by atoms with Crippen molar-refractivity contribution in [2.75, 3.05) is 5.43 Å². The number of hydrogen-bond donors (Lipinski definition) is 1. The molecule has 1 fully saturated rings. The zero-order chi connectivity index (χ0) is 23.2. The Morgan fingerprint density at radius 3 is 2.30 bits per heavy atom. The van der Waals surface area contributed by atoms with E-state index in [1.807, 2.05) is 48.5 Å². The van der Waals surface area contributed by atoms with Crippen LogP contribution in [0.15, 0.2) is 84.0 Å². The number of nitro groups is 2. The SMILES string of the molecule is O=[N+]([O-])c1ccc(N/N=C2\CCC[C@H]2/C(=C/c2ccccc2)c2ccccc2)c([N+](=O)[O-])c1. The van der Waals surface area contributed by atoms with Gasteiger partial charge in [0, 0.05) is 17.7 Å². The first-order valence-electron chi connectivity index (χ1n) is 10.6. The fraction of sp³-hybridized carbons (Fsp3) is 0.160. The van der Waals surface area contributed by atoms with Gasteiger partial charge in [0.1, 0.15) is 5.69 Å². The highest BCUT2D eigenvalue weighted by atomic mass is 16.6. The number of non-ortho nitro benzene ring substituents is 1. The lowest BCUT2D eigenvalue weighted by atomic mass is 9.88. The van der Waals surface area contributed by atoms with E-state index in [4.69, 9.17) is 0 Å². The lowest BCUT2D eigenvalue weighted by Crippen LogP contribution is -2.12. The molecule has 0 aromatic heterocycles. The van der Waals surface area contributed by atoms with E-state index in [1.54, 1.807) is 0 Å². The summed E-state index contributed by atoms with van der Waals surface area (Å²) in [4.78, 5) is 21.1. The summed E-state index contributed by atoms with van der Waals surface area (Å²) in [7, 11) is 0. The molecular weight excluding hydrogens is 420 g/mol. The Bertz CT molecular complexity index is 1220. The summed E-state index contributed by atoms with van der Waals surface area (Å²) in [6.07, 6.45) is 4.79. The van der Waals surface area contributed by atoms with Gasteiger partial charge < -0.3 is 0 Å². The molecule has 0 aliphatic heterocycles. The molecule has 1 atom stereocenters. The van der Waals surface area contributed by atoms with Crippen molar-refractivity contribution in [2.24, 2.45) is 11.0 Å². The van der Waals surface area contributed by atoms with E-state index in [0.717, 1.165) is 47.7 Å². The number of nitrogens with zero attached hydrogens (tertiary/aromatic N) is 3. The molecule has 1 aliphatic rings. The normalized spacial score (nSPS) is 17.2. The summed E-state index contributed by atoms with van der Waals surface area (Å²) in [5.74, 6) is 0.0530. The molecule has 3 aromatic carbocycles. The minimum absolute atomic E-state index is 0.0530. The average Bonchev–Trinajstić information content (AvgIpc) is 3.30. The van der Waals surface area contributed by atoms with Gasteiger partial charge in [-0.25, -0.2) is 0 Å². The highest BCUT2D eigenvalue weighted by Crippen LogP contribution is 2.37. The van der Waals surface area contributed by atoms with Crippen LogP contribution in [0.3, 0.4) is 0 Å². The highest BCUT2D eigenvalue weighted by Gasteiger charge is 2.28. The molecule has 0 heterocycles. The van der Waals surface area contributed by atoms with Gasteiger partial charge in [-0.15, -0.1) is 0 Å². The van der Waals surface area contributed by atoms with Crippen LogP contribution in [-0.2, 0) is 0 Å². The topological polar surface area (TPSA) is 111 Å². The molecule has 8 heteroatoms. The molecule has 0 spiro atoms. The van der Waals surface area contributed by atoms with E-state index in [0.29, 0.717) is 0 Å². The summed E-state index contributed by atoms with van der Waals surface area (Å²) in [6.45, 7) is 0. The van der Waals surface area contributed by atoms with Crippen molar-refractivity contribution in [3.63, 3.8) is 0 Å². The van der Waals surface area contributed by atoms with Crippen molar-refractivity contribution >= 4 is 34.4 Å². The monoisotopic (exact) mass is 442 g/mol. The molecule has 0 amide bonds. The summed E-state index contributed by atoms with van der Waals surface area (Å²) in [5, 5.41) is 27.0. The van der Waals surface area contributed by atoms with Crippen molar-refractivity contribution in [1.29, 1.82) is 0 Å². The zero-order valence-electron chi connectivity index (χ0n) is 17.8. The molecule has 33 heavy (non-hydrogen) atoms. The summed E-state index contributed by atoms with van der Waals surface area (Å²) in [6, 6.07) is 23.7. The molecule has 4 rings (SSSR count). The maximum Gasteiger partial charge on any atom is 0.301 e. The number of allylic oxidation sites excluding steroid dienone is 1. The number of nitro benzene ring substituents is 2. The van der Waals surface area contributed by atoms with Crippen molar-refractivity contribution in [1.82, 2.24) is 0 Å². The van der Waals surface area contributed by atoms with E-state index in [9.17, 15) is 20.2 Å². The van der Waals surface area contributed by atoms with Crippen LogP contribution < -0.4 is 5.43 Å².